The molecule has 0 aromatic heterocycles. The van der Waals surface area contributed by atoms with Crippen LogP contribution in [0.3, 0.4) is 0 Å². The molecule has 1 heteroatoms. The van der Waals surface area contributed by atoms with E-state index in [0.717, 1.165) is 18.4 Å². The highest BCUT2D eigenvalue weighted by atomic mass is 16.5. The zero-order chi connectivity index (χ0) is 12.3. The van der Waals surface area contributed by atoms with E-state index in [1.54, 1.807) is 0 Å². The Kier molecular flexibility index (Phi) is 2.47. The van der Waals surface area contributed by atoms with Crippen LogP contribution in [0.1, 0.15) is 66.2 Å². The summed E-state index contributed by atoms with van der Waals surface area (Å²) in [7, 11) is 0. The van der Waals surface area contributed by atoms with Crippen molar-refractivity contribution in [2.45, 2.75) is 71.8 Å². The third-order valence-electron chi connectivity index (χ3n) is 6.58. The molecule has 98 valence electrons. The van der Waals surface area contributed by atoms with Gasteiger partial charge in [-0.05, 0) is 61.7 Å². The molecule has 17 heavy (non-hydrogen) atoms. The first-order valence-corrected chi connectivity index (χ1v) is 7.52. The van der Waals surface area contributed by atoms with Gasteiger partial charge >= 0.3 is 0 Å². The Morgan fingerprint density at radius 2 is 1.65 bits per heavy atom. The van der Waals surface area contributed by atoms with Crippen molar-refractivity contribution in [1.82, 2.24) is 0 Å². The number of hydrogen-bond donors (Lipinski definition) is 0. The van der Waals surface area contributed by atoms with E-state index in [2.05, 4.69) is 27.7 Å². The first kappa shape index (κ1) is 12.0. The van der Waals surface area contributed by atoms with Crippen LogP contribution >= 0.6 is 0 Å². The second kappa shape index (κ2) is 3.50. The molecule has 0 aromatic rings. The van der Waals surface area contributed by atoms with Crippen molar-refractivity contribution in [3.8, 4) is 0 Å². The fourth-order valence-corrected chi connectivity index (χ4v) is 5.82. The molecular weight excluding hydrogens is 208 g/mol. The van der Waals surface area contributed by atoms with Crippen LogP contribution in [-0.2, 0) is 4.74 Å². The fourth-order valence-electron chi connectivity index (χ4n) is 5.82. The molecule has 2 saturated carbocycles. The maximum Gasteiger partial charge on any atom is 0.0688 e. The van der Waals surface area contributed by atoms with Gasteiger partial charge in [0.1, 0.15) is 0 Å². The largest absolute Gasteiger partial charge is 0.375 e. The van der Waals surface area contributed by atoms with Gasteiger partial charge in [0, 0.05) is 6.61 Å². The quantitative estimate of drug-likeness (QED) is 0.605. The molecule has 2 aliphatic carbocycles. The second-order valence-corrected chi connectivity index (χ2v) is 7.94. The molecule has 0 aromatic carbocycles. The Balaban J connectivity index is 1.98. The molecule has 1 saturated heterocycles. The van der Waals surface area contributed by atoms with Crippen LogP contribution in [0.15, 0.2) is 0 Å². The van der Waals surface area contributed by atoms with Crippen molar-refractivity contribution < 1.29 is 4.74 Å². The van der Waals surface area contributed by atoms with Crippen LogP contribution in [0.4, 0.5) is 0 Å². The van der Waals surface area contributed by atoms with Crippen LogP contribution in [0, 0.1) is 22.7 Å². The van der Waals surface area contributed by atoms with Gasteiger partial charge in [0.2, 0.25) is 0 Å². The molecular formula is C16H28O. The molecule has 0 amide bonds. The summed E-state index contributed by atoms with van der Waals surface area (Å²) < 4.78 is 6.13. The zero-order valence-corrected chi connectivity index (χ0v) is 12.0. The molecule has 3 aliphatic rings. The van der Waals surface area contributed by atoms with E-state index in [-0.39, 0.29) is 5.60 Å². The summed E-state index contributed by atoms with van der Waals surface area (Å²) in [6, 6.07) is 0. The van der Waals surface area contributed by atoms with Gasteiger partial charge in [-0.25, -0.2) is 0 Å². The van der Waals surface area contributed by atoms with Crippen LogP contribution in [-0.4, -0.2) is 12.2 Å². The lowest BCUT2D eigenvalue weighted by molar-refractivity contribution is -0.147. The summed E-state index contributed by atoms with van der Waals surface area (Å²) in [5.74, 6) is 1.73. The number of ether oxygens (including phenoxy) is 1. The zero-order valence-electron chi connectivity index (χ0n) is 12.0. The molecule has 0 spiro atoms. The molecule has 0 N–H and O–H groups in total. The van der Waals surface area contributed by atoms with E-state index in [1.165, 1.54) is 38.5 Å². The van der Waals surface area contributed by atoms with Crippen LogP contribution < -0.4 is 0 Å². The summed E-state index contributed by atoms with van der Waals surface area (Å²) in [5.41, 5.74) is 1.31. The number of hydrogen-bond acceptors (Lipinski definition) is 1. The Morgan fingerprint density at radius 1 is 0.882 bits per heavy atom. The van der Waals surface area contributed by atoms with Crippen molar-refractivity contribution in [2.24, 2.45) is 22.7 Å². The summed E-state index contributed by atoms with van der Waals surface area (Å²) in [4.78, 5) is 0. The van der Waals surface area contributed by atoms with Gasteiger partial charge in [0.25, 0.3) is 0 Å². The third-order valence-corrected chi connectivity index (χ3v) is 6.58. The Labute approximate surface area is 106 Å². The van der Waals surface area contributed by atoms with Crippen LogP contribution in [0.2, 0.25) is 0 Å². The lowest BCUT2D eigenvalue weighted by Crippen LogP contribution is -2.55. The van der Waals surface area contributed by atoms with Gasteiger partial charge < -0.3 is 4.74 Å². The van der Waals surface area contributed by atoms with Gasteiger partial charge in [0.05, 0.1) is 5.60 Å². The van der Waals surface area contributed by atoms with Gasteiger partial charge in [0.15, 0.2) is 0 Å². The fraction of sp³-hybridized carbons (Fsp3) is 1.00. The topological polar surface area (TPSA) is 9.23 Å². The standard InChI is InChI=1S/C16H28O/c1-14(2)8-5-9-15(3)12(14)6-10-16(4)13(15)7-11-17-16/h12-13H,5-11H2,1-4H3/t12?,13-,15+,16?/m1/s1. The predicted molar refractivity (Wildman–Crippen MR) is 70.9 cm³/mol. The first-order chi connectivity index (χ1) is 7.89. The minimum Gasteiger partial charge on any atom is -0.375 e. The molecule has 0 radical (unpaired) electrons. The molecule has 1 aliphatic heterocycles. The van der Waals surface area contributed by atoms with E-state index in [4.69, 9.17) is 4.74 Å². The number of fused-ring (bicyclic) bond motifs is 3. The molecule has 0 bridgehead atoms. The molecule has 4 atom stereocenters. The van der Waals surface area contributed by atoms with Crippen molar-refractivity contribution in [1.29, 1.82) is 0 Å². The summed E-state index contributed by atoms with van der Waals surface area (Å²) in [6.07, 6.45) is 8.27. The lowest BCUT2D eigenvalue weighted by Gasteiger charge is -2.60. The van der Waals surface area contributed by atoms with Crippen molar-refractivity contribution in [3.63, 3.8) is 0 Å². The monoisotopic (exact) mass is 236 g/mol. The first-order valence-electron chi connectivity index (χ1n) is 7.52. The highest BCUT2D eigenvalue weighted by Crippen LogP contribution is 2.64. The second-order valence-electron chi connectivity index (χ2n) is 7.94. The normalized spacial score (nSPS) is 52.9. The molecule has 1 heterocycles. The minimum absolute atomic E-state index is 0.207. The summed E-state index contributed by atoms with van der Waals surface area (Å²) >= 11 is 0. The van der Waals surface area contributed by atoms with E-state index >= 15 is 0 Å². The van der Waals surface area contributed by atoms with E-state index in [9.17, 15) is 0 Å². The molecule has 3 fully saturated rings. The van der Waals surface area contributed by atoms with E-state index in [0.29, 0.717) is 10.8 Å². The highest BCUT2D eigenvalue weighted by molar-refractivity contribution is 5.09. The van der Waals surface area contributed by atoms with Crippen molar-refractivity contribution in [3.05, 3.63) is 0 Å². The van der Waals surface area contributed by atoms with Crippen LogP contribution in [0.25, 0.3) is 0 Å². The Morgan fingerprint density at radius 3 is 2.41 bits per heavy atom. The van der Waals surface area contributed by atoms with Crippen LogP contribution in [0.5, 0.6) is 0 Å². The summed E-state index contributed by atoms with van der Waals surface area (Å²) in [5, 5.41) is 0. The van der Waals surface area contributed by atoms with Gasteiger partial charge in [-0.2, -0.15) is 0 Å². The Bertz CT molecular complexity index is 317. The van der Waals surface area contributed by atoms with Gasteiger partial charge in [-0.15, -0.1) is 0 Å². The maximum atomic E-state index is 6.13. The summed E-state index contributed by atoms with van der Waals surface area (Å²) in [6.45, 7) is 11.0. The van der Waals surface area contributed by atoms with E-state index < -0.39 is 0 Å². The highest BCUT2D eigenvalue weighted by Gasteiger charge is 2.60. The lowest BCUT2D eigenvalue weighted by atomic mass is 9.46. The van der Waals surface area contributed by atoms with Gasteiger partial charge in [-0.3, -0.25) is 0 Å². The van der Waals surface area contributed by atoms with Crippen molar-refractivity contribution in [2.75, 3.05) is 6.61 Å². The SMILES string of the molecule is CC1(C)CCC[C@@]2(C)C1CCC1(C)OCC[C@@H]12. The van der Waals surface area contributed by atoms with Gasteiger partial charge in [-0.1, -0.05) is 27.2 Å². The maximum absolute atomic E-state index is 6.13. The minimum atomic E-state index is 0.207. The third kappa shape index (κ3) is 1.54. The molecule has 1 nitrogen and oxygen atoms in total. The molecule has 2 unspecified atom stereocenters. The number of rotatable bonds is 0. The molecule has 3 rings (SSSR count). The predicted octanol–water partition coefficient (Wildman–Crippen LogP) is 4.41. The van der Waals surface area contributed by atoms with Crippen molar-refractivity contribution >= 4 is 0 Å². The Hall–Kier alpha value is -0.0400. The average molecular weight is 236 g/mol. The average Bonchev–Trinajstić information content (AvgIpc) is 2.60. The smallest absolute Gasteiger partial charge is 0.0688 e. The van der Waals surface area contributed by atoms with E-state index in [1.807, 2.05) is 0 Å².